The van der Waals surface area contributed by atoms with Crippen LogP contribution >= 0.6 is 11.6 Å². The second-order valence-corrected chi connectivity index (χ2v) is 6.34. The number of fused-ring (bicyclic) bond motifs is 1. The number of aliphatic hydroxyl groups is 2. The summed E-state index contributed by atoms with van der Waals surface area (Å²) in [6.07, 6.45) is 0.737. The van der Waals surface area contributed by atoms with Crippen molar-refractivity contribution in [2.24, 2.45) is 0 Å². The molecule has 3 N–H and O–H groups in total. The molecular formula is C14H19ClN4O4. The van der Waals surface area contributed by atoms with Gasteiger partial charge in [-0.2, -0.15) is 0 Å². The summed E-state index contributed by atoms with van der Waals surface area (Å²) >= 11 is 6.48. The lowest BCUT2D eigenvalue weighted by atomic mass is 10.0. The van der Waals surface area contributed by atoms with Gasteiger partial charge in [-0.05, 0) is 19.9 Å². The first-order valence-corrected chi connectivity index (χ1v) is 7.71. The van der Waals surface area contributed by atoms with Gasteiger partial charge in [0.25, 0.3) is 0 Å². The molecule has 0 amide bonds. The maximum atomic E-state index is 10.2. The van der Waals surface area contributed by atoms with E-state index in [4.69, 9.17) is 21.2 Å². The number of nitrogens with zero attached hydrogens (tertiary/aromatic N) is 3. The smallest absolute Gasteiger partial charge is 0.162 e. The van der Waals surface area contributed by atoms with Crippen LogP contribution in [0.2, 0.25) is 0 Å². The van der Waals surface area contributed by atoms with Gasteiger partial charge >= 0.3 is 0 Å². The van der Waals surface area contributed by atoms with Crippen LogP contribution in [-0.4, -0.2) is 55.0 Å². The van der Waals surface area contributed by atoms with Gasteiger partial charge in [-0.15, -0.1) is 11.6 Å². The van der Waals surface area contributed by atoms with Gasteiger partial charge in [-0.25, -0.2) is 15.4 Å². The highest BCUT2D eigenvalue weighted by Gasteiger charge is 2.53. The molecule has 1 aliphatic rings. The van der Waals surface area contributed by atoms with E-state index in [2.05, 4.69) is 15.4 Å². The summed E-state index contributed by atoms with van der Waals surface area (Å²) in [6, 6.07) is 1.81. The van der Waals surface area contributed by atoms with E-state index >= 15 is 0 Å². The zero-order valence-electron chi connectivity index (χ0n) is 12.8. The minimum atomic E-state index is -1.10. The van der Waals surface area contributed by atoms with Crippen LogP contribution in [0.25, 0.3) is 11.0 Å². The van der Waals surface area contributed by atoms with E-state index in [9.17, 15) is 10.2 Å². The Morgan fingerprint density at radius 1 is 1.52 bits per heavy atom. The average Bonchev–Trinajstić information content (AvgIpc) is 3.06. The number of anilines is 1. The Labute approximate surface area is 138 Å². The van der Waals surface area contributed by atoms with Crippen LogP contribution in [0, 0.1) is 0 Å². The van der Waals surface area contributed by atoms with Crippen LogP contribution in [0.5, 0.6) is 0 Å². The van der Waals surface area contributed by atoms with Crippen molar-refractivity contribution < 1.29 is 19.8 Å². The predicted octanol–water partition coefficient (Wildman–Crippen LogP) is 1.04. The molecular weight excluding hydrogens is 324 g/mol. The van der Waals surface area contributed by atoms with Gasteiger partial charge < -0.3 is 19.5 Å². The molecule has 9 heteroatoms. The molecule has 0 spiro atoms. The van der Waals surface area contributed by atoms with Crippen LogP contribution in [-0.2, 0) is 9.57 Å². The molecule has 1 saturated heterocycles. The molecule has 126 valence electrons. The summed E-state index contributed by atoms with van der Waals surface area (Å²) in [5, 5.41) is 20.3. The number of halogens is 1. The van der Waals surface area contributed by atoms with Crippen LogP contribution in [0.1, 0.15) is 20.1 Å². The lowest BCUT2D eigenvalue weighted by molar-refractivity contribution is -0.0439. The highest BCUT2D eigenvalue weighted by Crippen LogP contribution is 2.44. The molecule has 0 aliphatic carbocycles. The van der Waals surface area contributed by atoms with Gasteiger partial charge in [0.15, 0.2) is 12.0 Å². The lowest BCUT2D eigenvalue weighted by Gasteiger charge is -2.26. The maximum Gasteiger partial charge on any atom is 0.162 e. The second-order valence-electron chi connectivity index (χ2n) is 5.52. The number of nitrogens with one attached hydrogen (secondary N) is 1. The Morgan fingerprint density at radius 2 is 2.30 bits per heavy atom. The van der Waals surface area contributed by atoms with Gasteiger partial charge in [0.1, 0.15) is 29.1 Å². The Morgan fingerprint density at radius 3 is 2.96 bits per heavy atom. The van der Waals surface area contributed by atoms with Crippen molar-refractivity contribution in [3.8, 4) is 0 Å². The summed E-state index contributed by atoms with van der Waals surface area (Å²) < 4.78 is 7.45. The highest BCUT2D eigenvalue weighted by atomic mass is 35.5. The molecule has 0 aromatic carbocycles. The van der Waals surface area contributed by atoms with Crippen molar-refractivity contribution >= 4 is 28.5 Å². The van der Waals surface area contributed by atoms with Gasteiger partial charge in [-0.1, -0.05) is 0 Å². The Hall–Kier alpha value is -1.45. The zero-order chi connectivity index (χ0) is 16.6. The number of hydrogen-bond donors (Lipinski definition) is 3. The molecule has 4 atom stereocenters. The number of aliphatic hydroxyl groups excluding tert-OH is 2. The number of hydrogen-bond acceptors (Lipinski definition) is 7. The molecule has 3 heterocycles. The zero-order valence-corrected chi connectivity index (χ0v) is 13.6. The first-order valence-electron chi connectivity index (χ1n) is 7.33. The van der Waals surface area contributed by atoms with Crippen molar-refractivity contribution in [2.45, 2.75) is 37.2 Å². The molecule has 0 saturated carbocycles. The van der Waals surface area contributed by atoms with Gasteiger partial charge in [0.05, 0.1) is 18.6 Å². The highest BCUT2D eigenvalue weighted by molar-refractivity contribution is 6.24. The van der Waals surface area contributed by atoms with E-state index in [0.717, 1.165) is 5.39 Å². The van der Waals surface area contributed by atoms with Crippen LogP contribution in [0.4, 0.5) is 5.82 Å². The number of aromatic nitrogens is 3. The largest absolute Gasteiger partial charge is 0.394 e. The summed E-state index contributed by atoms with van der Waals surface area (Å²) in [5.41, 5.74) is 3.35. The molecule has 23 heavy (non-hydrogen) atoms. The topological polar surface area (TPSA) is 102 Å². The summed E-state index contributed by atoms with van der Waals surface area (Å²) in [7, 11) is 0. The first kappa shape index (κ1) is 16.4. The van der Waals surface area contributed by atoms with Crippen LogP contribution in [0.15, 0.2) is 18.6 Å². The Balaban J connectivity index is 2.01. The van der Waals surface area contributed by atoms with E-state index in [1.807, 2.05) is 13.0 Å². The van der Waals surface area contributed by atoms with Crippen molar-refractivity contribution in [1.82, 2.24) is 14.5 Å². The molecule has 2 aromatic heterocycles. The fourth-order valence-electron chi connectivity index (χ4n) is 2.75. The third kappa shape index (κ3) is 2.66. The molecule has 8 nitrogen and oxygen atoms in total. The van der Waals surface area contributed by atoms with Crippen molar-refractivity contribution in [3.63, 3.8) is 0 Å². The number of rotatable bonds is 5. The summed E-state index contributed by atoms with van der Waals surface area (Å²) in [4.78, 5) is 12.5. The molecule has 0 bridgehead atoms. The van der Waals surface area contributed by atoms with E-state index in [-0.39, 0.29) is 6.61 Å². The van der Waals surface area contributed by atoms with Gasteiger partial charge in [0.2, 0.25) is 0 Å². The van der Waals surface area contributed by atoms with E-state index < -0.39 is 23.3 Å². The third-order valence-electron chi connectivity index (χ3n) is 3.97. The maximum absolute atomic E-state index is 10.2. The number of ether oxygens (including phenoxy) is 1. The molecule has 1 fully saturated rings. The molecule has 0 radical (unpaired) electrons. The van der Waals surface area contributed by atoms with Crippen LogP contribution < -0.4 is 5.48 Å². The monoisotopic (exact) mass is 342 g/mol. The first-order chi connectivity index (χ1) is 11.0. The Bertz CT molecular complexity index is 692. The average molecular weight is 343 g/mol. The standard InChI is InChI=1S/C14H19ClN4O4/c1-3-22-18-11-8-4-5-19(12(8)17-7-16-11)13-14(2,15)10(21)9(6-20)23-13/h4-5,7,9-10,13,20-21H,3,6H2,1-2H3,(H,16,17,18)/t9?,10?,13-,14-/m1/s1. The molecule has 3 rings (SSSR count). The number of alkyl halides is 1. The van der Waals surface area contributed by atoms with Crippen molar-refractivity contribution in [2.75, 3.05) is 18.7 Å². The fraction of sp³-hybridized carbons (Fsp3) is 0.571. The van der Waals surface area contributed by atoms with E-state index in [0.29, 0.717) is 18.1 Å². The predicted molar refractivity (Wildman–Crippen MR) is 84.0 cm³/mol. The SMILES string of the molecule is CCONc1ncnc2c1ccn2[C@@H]1OC(CO)C(O)[C@@]1(C)Cl. The minimum absolute atomic E-state index is 0.314. The molecule has 1 aliphatic heterocycles. The normalized spacial score (nSPS) is 30.9. The van der Waals surface area contributed by atoms with Gasteiger partial charge in [-0.3, -0.25) is 4.84 Å². The summed E-state index contributed by atoms with van der Waals surface area (Å²) in [5.74, 6) is 0.532. The molecule has 2 unspecified atom stereocenters. The van der Waals surface area contributed by atoms with Crippen molar-refractivity contribution in [3.05, 3.63) is 18.6 Å². The Kier molecular flexibility index (Phi) is 4.43. The minimum Gasteiger partial charge on any atom is -0.394 e. The fourth-order valence-corrected chi connectivity index (χ4v) is 3.04. The third-order valence-corrected chi connectivity index (χ3v) is 4.38. The lowest BCUT2D eigenvalue weighted by Crippen LogP contribution is -2.39. The quantitative estimate of drug-likeness (QED) is 0.551. The second kappa shape index (κ2) is 6.21. The van der Waals surface area contributed by atoms with E-state index in [1.165, 1.54) is 6.33 Å². The molecule has 2 aromatic rings. The van der Waals surface area contributed by atoms with Gasteiger partial charge in [0, 0.05) is 6.20 Å². The summed E-state index contributed by atoms with van der Waals surface area (Å²) in [6.45, 7) is 3.71. The van der Waals surface area contributed by atoms with Crippen molar-refractivity contribution in [1.29, 1.82) is 0 Å². The van der Waals surface area contributed by atoms with Crippen LogP contribution in [0.3, 0.4) is 0 Å². The van der Waals surface area contributed by atoms with E-state index in [1.54, 1.807) is 17.7 Å².